The molecule has 0 saturated carbocycles. The normalized spacial score (nSPS) is 16.6. The Hall–Kier alpha value is -3.23. The molecule has 4 rings (SSSR count). The lowest BCUT2D eigenvalue weighted by molar-refractivity contribution is -0.126. The average molecular weight is 438 g/mol. The minimum Gasteiger partial charge on any atom is -0.354 e. The summed E-state index contributed by atoms with van der Waals surface area (Å²) in [4.78, 5) is 26.5. The first-order chi connectivity index (χ1) is 14.9. The zero-order valence-corrected chi connectivity index (χ0v) is 17.6. The SMILES string of the molecule is O=C(NCCNS(=O)(=O)c1ccc2ccccc2c1)[C@@H]1CC(=O)N(c2ccccc2)C1. The largest absolute Gasteiger partial charge is 0.354 e. The summed E-state index contributed by atoms with van der Waals surface area (Å²) >= 11 is 0. The number of hydrogen-bond acceptors (Lipinski definition) is 4. The summed E-state index contributed by atoms with van der Waals surface area (Å²) in [7, 11) is -3.69. The van der Waals surface area contributed by atoms with E-state index in [0.717, 1.165) is 16.5 Å². The molecule has 1 fully saturated rings. The summed E-state index contributed by atoms with van der Waals surface area (Å²) < 4.78 is 27.6. The van der Waals surface area contributed by atoms with Crippen LogP contribution in [0.2, 0.25) is 0 Å². The van der Waals surface area contributed by atoms with Gasteiger partial charge >= 0.3 is 0 Å². The van der Waals surface area contributed by atoms with Gasteiger partial charge in [0.1, 0.15) is 0 Å². The highest BCUT2D eigenvalue weighted by molar-refractivity contribution is 7.89. The fraction of sp³-hybridized carbons (Fsp3) is 0.217. The molecule has 1 heterocycles. The van der Waals surface area contributed by atoms with Crippen molar-refractivity contribution in [2.75, 3.05) is 24.5 Å². The van der Waals surface area contributed by atoms with Crippen LogP contribution in [-0.2, 0) is 19.6 Å². The minimum atomic E-state index is -3.69. The molecule has 3 aromatic carbocycles. The van der Waals surface area contributed by atoms with Crippen molar-refractivity contribution in [3.8, 4) is 0 Å². The van der Waals surface area contributed by atoms with Crippen LogP contribution in [0.1, 0.15) is 6.42 Å². The number of hydrogen-bond donors (Lipinski definition) is 2. The van der Waals surface area contributed by atoms with Gasteiger partial charge in [-0.3, -0.25) is 9.59 Å². The molecule has 160 valence electrons. The number of fused-ring (bicyclic) bond motifs is 1. The summed E-state index contributed by atoms with van der Waals surface area (Å²) in [5.41, 5.74) is 0.769. The van der Waals surface area contributed by atoms with Gasteiger partial charge in [0.2, 0.25) is 21.8 Å². The summed E-state index contributed by atoms with van der Waals surface area (Å²) in [6.45, 7) is 0.517. The highest BCUT2D eigenvalue weighted by Gasteiger charge is 2.34. The topological polar surface area (TPSA) is 95.6 Å². The van der Waals surface area contributed by atoms with Crippen LogP contribution < -0.4 is 14.9 Å². The van der Waals surface area contributed by atoms with Gasteiger partial charge in [0.05, 0.1) is 10.8 Å². The van der Waals surface area contributed by atoms with Crippen LogP contribution in [0.25, 0.3) is 10.8 Å². The molecule has 1 aliphatic rings. The lowest BCUT2D eigenvalue weighted by Gasteiger charge is -2.16. The smallest absolute Gasteiger partial charge is 0.240 e. The molecular formula is C23H23N3O4S. The van der Waals surface area contributed by atoms with E-state index in [-0.39, 0.29) is 36.2 Å². The maximum absolute atomic E-state index is 12.5. The van der Waals surface area contributed by atoms with Crippen LogP contribution in [0.4, 0.5) is 5.69 Å². The second-order valence-electron chi connectivity index (χ2n) is 7.44. The fourth-order valence-corrected chi connectivity index (χ4v) is 4.74. The number of nitrogens with one attached hydrogen (secondary N) is 2. The van der Waals surface area contributed by atoms with Gasteiger partial charge in [-0.2, -0.15) is 0 Å². The first-order valence-corrected chi connectivity index (χ1v) is 11.5. The maximum atomic E-state index is 12.5. The number of sulfonamides is 1. The van der Waals surface area contributed by atoms with E-state index < -0.39 is 15.9 Å². The number of carbonyl (C=O) groups is 2. The monoisotopic (exact) mass is 437 g/mol. The Morgan fingerprint density at radius 3 is 2.42 bits per heavy atom. The molecule has 0 spiro atoms. The highest BCUT2D eigenvalue weighted by Crippen LogP contribution is 2.24. The van der Waals surface area contributed by atoms with Gasteiger partial charge in [0.25, 0.3) is 0 Å². The van der Waals surface area contributed by atoms with Crippen molar-refractivity contribution in [3.63, 3.8) is 0 Å². The maximum Gasteiger partial charge on any atom is 0.240 e. The van der Waals surface area contributed by atoms with E-state index in [1.54, 1.807) is 23.1 Å². The Kier molecular flexibility index (Phi) is 6.01. The van der Waals surface area contributed by atoms with Gasteiger partial charge in [-0.25, -0.2) is 13.1 Å². The van der Waals surface area contributed by atoms with E-state index in [9.17, 15) is 18.0 Å². The van der Waals surface area contributed by atoms with E-state index in [2.05, 4.69) is 10.0 Å². The van der Waals surface area contributed by atoms with Crippen molar-refractivity contribution in [2.45, 2.75) is 11.3 Å². The predicted octanol–water partition coefficient (Wildman–Crippen LogP) is 2.29. The second kappa shape index (κ2) is 8.87. The number of anilines is 1. The van der Waals surface area contributed by atoms with Crippen molar-refractivity contribution in [3.05, 3.63) is 72.8 Å². The standard InChI is InChI=1S/C23H23N3O4S/c27-22-15-19(16-26(22)20-8-2-1-3-9-20)23(28)24-12-13-25-31(29,30)21-11-10-17-6-4-5-7-18(17)14-21/h1-11,14,19,25H,12-13,15-16H2,(H,24,28)/t19-/m1/s1. The molecule has 0 bridgehead atoms. The lowest BCUT2D eigenvalue weighted by Crippen LogP contribution is -2.38. The number of benzene rings is 3. The molecule has 0 unspecified atom stereocenters. The zero-order chi connectivity index (χ0) is 21.8. The third-order valence-electron chi connectivity index (χ3n) is 5.31. The van der Waals surface area contributed by atoms with Gasteiger partial charge in [0.15, 0.2) is 0 Å². The molecule has 0 aliphatic carbocycles. The van der Waals surface area contributed by atoms with E-state index in [4.69, 9.17) is 0 Å². The third-order valence-corrected chi connectivity index (χ3v) is 6.77. The Balaban J connectivity index is 1.29. The molecule has 1 saturated heterocycles. The molecule has 8 heteroatoms. The van der Waals surface area contributed by atoms with Crippen LogP contribution in [0.3, 0.4) is 0 Å². The van der Waals surface area contributed by atoms with Gasteiger partial charge in [-0.05, 0) is 35.0 Å². The van der Waals surface area contributed by atoms with Gasteiger partial charge in [0, 0.05) is 31.7 Å². The minimum absolute atomic E-state index is 0.0595. The van der Waals surface area contributed by atoms with E-state index in [1.807, 2.05) is 54.6 Å². The van der Waals surface area contributed by atoms with Crippen LogP contribution >= 0.6 is 0 Å². The third kappa shape index (κ3) is 4.76. The number of nitrogens with zero attached hydrogens (tertiary/aromatic N) is 1. The second-order valence-corrected chi connectivity index (χ2v) is 9.21. The average Bonchev–Trinajstić information content (AvgIpc) is 3.18. The van der Waals surface area contributed by atoms with Gasteiger partial charge < -0.3 is 10.2 Å². The quantitative estimate of drug-likeness (QED) is 0.555. The van der Waals surface area contributed by atoms with Crippen LogP contribution in [0.15, 0.2) is 77.7 Å². The first kappa shape index (κ1) is 21.0. The van der Waals surface area contributed by atoms with Crippen molar-refractivity contribution in [2.24, 2.45) is 5.92 Å². The molecule has 0 radical (unpaired) electrons. The molecule has 0 aromatic heterocycles. The van der Waals surface area contributed by atoms with Crippen LogP contribution in [0.5, 0.6) is 0 Å². The molecule has 2 amide bonds. The van der Waals surface area contributed by atoms with Crippen LogP contribution in [-0.4, -0.2) is 39.9 Å². The Morgan fingerprint density at radius 1 is 0.935 bits per heavy atom. The molecule has 1 atom stereocenters. The van der Waals surface area contributed by atoms with E-state index in [1.165, 1.54) is 0 Å². The number of amides is 2. The molecule has 1 aliphatic heterocycles. The van der Waals surface area contributed by atoms with Crippen molar-refractivity contribution >= 4 is 38.3 Å². The summed E-state index contributed by atoms with van der Waals surface area (Å²) in [6, 6.07) is 21.7. The summed E-state index contributed by atoms with van der Waals surface area (Å²) in [6.07, 6.45) is 0.142. The summed E-state index contributed by atoms with van der Waals surface area (Å²) in [5, 5.41) is 4.53. The number of para-hydroxylation sites is 1. The van der Waals surface area contributed by atoms with E-state index in [0.29, 0.717) is 6.54 Å². The lowest BCUT2D eigenvalue weighted by atomic mass is 10.1. The molecule has 31 heavy (non-hydrogen) atoms. The fourth-order valence-electron chi connectivity index (χ4n) is 3.67. The van der Waals surface area contributed by atoms with Gasteiger partial charge in [-0.1, -0.05) is 48.5 Å². The predicted molar refractivity (Wildman–Crippen MR) is 119 cm³/mol. The van der Waals surface area contributed by atoms with Crippen molar-refractivity contribution in [1.29, 1.82) is 0 Å². The van der Waals surface area contributed by atoms with Gasteiger partial charge in [-0.15, -0.1) is 0 Å². The Labute approximate surface area is 181 Å². The first-order valence-electron chi connectivity index (χ1n) is 10.1. The number of carbonyl (C=O) groups excluding carboxylic acids is 2. The number of rotatable bonds is 7. The molecule has 2 N–H and O–H groups in total. The van der Waals surface area contributed by atoms with Crippen molar-refractivity contribution < 1.29 is 18.0 Å². The Morgan fingerprint density at radius 2 is 1.65 bits per heavy atom. The molecule has 3 aromatic rings. The van der Waals surface area contributed by atoms with E-state index >= 15 is 0 Å². The Bertz CT molecular complexity index is 1210. The molecular weight excluding hydrogens is 414 g/mol. The highest BCUT2D eigenvalue weighted by atomic mass is 32.2. The molecule has 7 nitrogen and oxygen atoms in total. The zero-order valence-electron chi connectivity index (χ0n) is 16.8. The van der Waals surface area contributed by atoms with Crippen LogP contribution in [0, 0.1) is 5.92 Å². The summed E-state index contributed by atoms with van der Waals surface area (Å²) in [5.74, 6) is -0.801. The van der Waals surface area contributed by atoms with Crippen molar-refractivity contribution in [1.82, 2.24) is 10.0 Å².